The number of allylic oxidation sites excluding steroid dienone is 4. The van der Waals surface area contributed by atoms with Crippen LogP contribution in [0.3, 0.4) is 0 Å². The highest BCUT2D eigenvalue weighted by atomic mass is 19.4. The Bertz CT molecular complexity index is 1230. The highest BCUT2D eigenvalue weighted by molar-refractivity contribution is 6.01. The molecule has 1 aliphatic carbocycles. The fourth-order valence-corrected chi connectivity index (χ4v) is 3.59. The number of halogens is 3. The van der Waals surface area contributed by atoms with E-state index in [1.807, 2.05) is 24.1 Å². The molecule has 0 N–H and O–H groups in total. The molecule has 0 radical (unpaired) electrons. The van der Waals surface area contributed by atoms with Crippen molar-refractivity contribution in [3.63, 3.8) is 0 Å². The number of alkyl halides is 3. The number of anilines is 1. The summed E-state index contributed by atoms with van der Waals surface area (Å²) in [6.07, 6.45) is 1.32. The third-order valence-corrected chi connectivity index (χ3v) is 5.38. The maximum absolute atomic E-state index is 12.4. The van der Waals surface area contributed by atoms with Crippen LogP contribution >= 0.6 is 0 Å². The van der Waals surface area contributed by atoms with E-state index < -0.39 is 6.36 Å². The number of hydrogen-bond donors (Lipinski definition) is 0. The normalized spacial score (nSPS) is 14.3. The first-order valence-corrected chi connectivity index (χ1v) is 11.2. The lowest BCUT2D eigenvalue weighted by atomic mass is 10.00. The van der Waals surface area contributed by atoms with E-state index in [4.69, 9.17) is 0 Å². The van der Waals surface area contributed by atoms with Crippen LogP contribution in [0.1, 0.15) is 44.4 Å². The third kappa shape index (κ3) is 7.40. The lowest BCUT2D eigenvalue weighted by Gasteiger charge is -2.18. The van der Waals surface area contributed by atoms with Crippen molar-refractivity contribution >= 4 is 17.2 Å². The van der Waals surface area contributed by atoms with E-state index in [-0.39, 0.29) is 24.3 Å². The molecular weight excluding hydrogens is 459 g/mol. The first-order valence-electron chi connectivity index (χ1n) is 11.2. The van der Waals surface area contributed by atoms with Crippen LogP contribution < -0.4 is 10.5 Å². The minimum absolute atomic E-state index is 0.120. The molecule has 0 spiro atoms. The van der Waals surface area contributed by atoms with Crippen molar-refractivity contribution in [2.24, 2.45) is 4.99 Å². The smallest absolute Gasteiger partial charge is 0.410 e. The lowest BCUT2D eigenvalue weighted by molar-refractivity contribution is -0.306. The average molecular weight is 488 g/mol. The van der Waals surface area contributed by atoms with Crippen molar-refractivity contribution in [3.05, 3.63) is 82.1 Å². The summed E-state index contributed by atoms with van der Waals surface area (Å²) in [6.45, 7) is 8.93. The summed E-state index contributed by atoms with van der Waals surface area (Å²) in [7, 11) is 1.96. The van der Waals surface area contributed by atoms with E-state index in [2.05, 4.69) is 33.3 Å². The average Bonchev–Trinajstić information content (AvgIpc) is 2.80. The summed E-state index contributed by atoms with van der Waals surface area (Å²) >= 11 is 0. The van der Waals surface area contributed by atoms with Crippen molar-refractivity contribution in [1.29, 1.82) is 0 Å². The first kappa shape index (κ1) is 25.9. The molecule has 0 aliphatic heterocycles. The van der Waals surface area contributed by atoms with E-state index in [0.717, 1.165) is 29.9 Å². The van der Waals surface area contributed by atoms with Gasteiger partial charge >= 0.3 is 6.36 Å². The van der Waals surface area contributed by atoms with Gasteiger partial charge in [0.1, 0.15) is 17.3 Å². The Hall–Kier alpha value is -3.69. The Kier molecular flexibility index (Phi) is 8.26. The van der Waals surface area contributed by atoms with Crippen LogP contribution in [-0.2, 0) is 11.3 Å². The summed E-state index contributed by atoms with van der Waals surface area (Å²) in [5.41, 5.74) is 2.76. The molecule has 35 heavy (non-hydrogen) atoms. The Morgan fingerprint density at radius 1 is 1.26 bits per heavy atom. The van der Waals surface area contributed by atoms with Crippen LogP contribution in [0, 0.1) is 0 Å². The van der Waals surface area contributed by atoms with Crippen molar-refractivity contribution in [2.45, 2.75) is 46.0 Å². The van der Waals surface area contributed by atoms with Crippen molar-refractivity contribution in [2.75, 3.05) is 18.5 Å². The molecule has 2 aromatic rings. The second-order valence-electron chi connectivity index (χ2n) is 8.17. The minimum atomic E-state index is -4.70. The van der Waals surface area contributed by atoms with Gasteiger partial charge in [-0.05, 0) is 55.2 Å². The molecule has 2 heterocycles. The summed E-state index contributed by atoms with van der Waals surface area (Å²) in [4.78, 5) is 23.3. The SMILES string of the molecule is C=C(N=C(C)C1=CC=C(OC(F)(F)F)CC1)c1ccc(=O)n(Cc2ccnc(N(C)CCC)c2)n1. The Morgan fingerprint density at radius 2 is 2.03 bits per heavy atom. The standard InChI is InChI=1S/C25H28F3N5O2/c1-5-14-32(4)23-15-19(12-13-29-23)16-33-24(34)11-10-22(31-33)18(3)30-17(2)20-6-8-21(9-7-20)35-25(26,27)28/h6,8,10-13,15H,3,5,7,9,14,16H2,1-2,4H3. The van der Waals surface area contributed by atoms with Gasteiger partial charge in [-0.25, -0.2) is 9.67 Å². The summed E-state index contributed by atoms with van der Waals surface area (Å²) in [5, 5.41) is 4.42. The van der Waals surface area contributed by atoms with Gasteiger partial charge in [0.25, 0.3) is 5.56 Å². The zero-order chi connectivity index (χ0) is 25.6. The Balaban J connectivity index is 1.76. The van der Waals surface area contributed by atoms with Crippen molar-refractivity contribution in [1.82, 2.24) is 14.8 Å². The molecule has 7 nitrogen and oxygen atoms in total. The van der Waals surface area contributed by atoms with Crippen molar-refractivity contribution < 1.29 is 17.9 Å². The molecule has 0 atom stereocenters. The van der Waals surface area contributed by atoms with Gasteiger partial charge < -0.3 is 9.64 Å². The largest absolute Gasteiger partial charge is 0.572 e. The van der Waals surface area contributed by atoms with Crippen LogP contribution in [0.15, 0.2) is 70.3 Å². The van der Waals surface area contributed by atoms with Crippen LogP contribution in [0.25, 0.3) is 5.70 Å². The van der Waals surface area contributed by atoms with Gasteiger partial charge in [0.05, 0.1) is 12.2 Å². The van der Waals surface area contributed by atoms with Gasteiger partial charge in [0.2, 0.25) is 0 Å². The van der Waals surface area contributed by atoms with Gasteiger partial charge in [-0.3, -0.25) is 9.79 Å². The fraction of sp³-hybridized carbons (Fsp3) is 0.360. The summed E-state index contributed by atoms with van der Waals surface area (Å²) in [6, 6.07) is 6.72. The second-order valence-corrected chi connectivity index (χ2v) is 8.17. The Morgan fingerprint density at radius 3 is 2.69 bits per heavy atom. The molecule has 10 heteroatoms. The molecule has 186 valence electrons. The van der Waals surface area contributed by atoms with E-state index in [9.17, 15) is 18.0 Å². The van der Waals surface area contributed by atoms with Gasteiger partial charge in [0.15, 0.2) is 0 Å². The summed E-state index contributed by atoms with van der Waals surface area (Å²) in [5.74, 6) is 0.679. The maximum atomic E-state index is 12.4. The number of ether oxygens (including phenoxy) is 1. The molecule has 0 aromatic carbocycles. The predicted molar refractivity (Wildman–Crippen MR) is 130 cm³/mol. The molecule has 0 amide bonds. The quantitative estimate of drug-likeness (QED) is 0.460. The van der Waals surface area contributed by atoms with Gasteiger partial charge in [0, 0.05) is 38.0 Å². The number of hydrogen-bond acceptors (Lipinski definition) is 6. The highest BCUT2D eigenvalue weighted by Gasteiger charge is 2.32. The van der Waals surface area contributed by atoms with Crippen LogP contribution in [0.5, 0.6) is 0 Å². The van der Waals surface area contributed by atoms with E-state index in [1.165, 1.54) is 16.8 Å². The molecule has 0 unspecified atom stereocenters. The second kappa shape index (κ2) is 11.2. The zero-order valence-electron chi connectivity index (χ0n) is 20.0. The van der Waals surface area contributed by atoms with Crippen LogP contribution in [-0.4, -0.2) is 40.4 Å². The Labute approximate surface area is 202 Å². The molecule has 0 saturated carbocycles. The maximum Gasteiger partial charge on any atom is 0.572 e. The van der Waals surface area contributed by atoms with Crippen molar-refractivity contribution in [3.8, 4) is 0 Å². The number of pyridine rings is 1. The van der Waals surface area contributed by atoms with E-state index >= 15 is 0 Å². The number of aliphatic imine (C=N–C) groups is 1. The molecule has 0 saturated heterocycles. The number of nitrogens with zero attached hydrogens (tertiary/aromatic N) is 5. The first-order chi connectivity index (χ1) is 16.6. The van der Waals surface area contributed by atoms with Crippen LogP contribution in [0.2, 0.25) is 0 Å². The van der Waals surface area contributed by atoms with E-state index in [0.29, 0.717) is 23.5 Å². The molecule has 1 aliphatic rings. The van der Waals surface area contributed by atoms with Gasteiger partial charge in [-0.1, -0.05) is 19.6 Å². The molecule has 0 fully saturated rings. The number of aromatic nitrogens is 3. The topological polar surface area (TPSA) is 72.6 Å². The summed E-state index contributed by atoms with van der Waals surface area (Å²) < 4.78 is 42.5. The lowest BCUT2D eigenvalue weighted by Crippen LogP contribution is -2.24. The molecule has 0 bridgehead atoms. The van der Waals surface area contributed by atoms with Gasteiger partial charge in [-0.2, -0.15) is 5.10 Å². The third-order valence-electron chi connectivity index (χ3n) is 5.38. The minimum Gasteiger partial charge on any atom is -0.410 e. The molecular formula is C25H28F3N5O2. The predicted octanol–water partition coefficient (Wildman–Crippen LogP) is 5.10. The van der Waals surface area contributed by atoms with Gasteiger partial charge in [-0.15, -0.1) is 13.2 Å². The molecule has 3 rings (SSSR count). The monoisotopic (exact) mass is 487 g/mol. The number of rotatable bonds is 9. The zero-order valence-corrected chi connectivity index (χ0v) is 20.0. The van der Waals surface area contributed by atoms with Crippen LogP contribution in [0.4, 0.5) is 19.0 Å². The molecule has 2 aromatic heterocycles. The fourth-order valence-electron chi connectivity index (χ4n) is 3.59. The van der Waals surface area contributed by atoms with E-state index in [1.54, 1.807) is 25.3 Å². The highest BCUT2D eigenvalue weighted by Crippen LogP contribution is 2.28.